The highest BCUT2D eigenvalue weighted by Crippen LogP contribution is 2.42. The first-order chi connectivity index (χ1) is 5.92. The second kappa shape index (κ2) is 3.29. The lowest BCUT2D eigenvalue weighted by molar-refractivity contribution is -0.0493. The Balaban J connectivity index is 2.81. The zero-order chi connectivity index (χ0) is 10.1. The standard InChI is InChI=1S/C10H19N2O/c1-9(2)6-5-7-12(11-8-13)10(9,3)4/h5-7H2,1-4H3,(H,11,13). The molecule has 1 amide bonds. The molecule has 1 N–H and O–H groups in total. The minimum atomic E-state index is 0.00264. The molecule has 75 valence electrons. The average Bonchev–Trinajstić information content (AvgIpc) is 2.00. The first-order valence-electron chi connectivity index (χ1n) is 4.82. The van der Waals surface area contributed by atoms with Gasteiger partial charge in [-0.25, -0.2) is 5.01 Å². The molecule has 1 saturated heterocycles. The van der Waals surface area contributed by atoms with E-state index in [9.17, 15) is 4.79 Å². The Morgan fingerprint density at radius 1 is 1.31 bits per heavy atom. The molecule has 3 heteroatoms. The lowest BCUT2D eigenvalue weighted by Gasteiger charge is -2.52. The highest BCUT2D eigenvalue weighted by molar-refractivity contribution is 5.46. The molecule has 0 bridgehead atoms. The Morgan fingerprint density at radius 2 is 1.92 bits per heavy atom. The zero-order valence-electron chi connectivity index (χ0n) is 8.98. The summed E-state index contributed by atoms with van der Waals surface area (Å²) in [5.41, 5.74) is 2.89. The maximum absolute atomic E-state index is 10.3. The molecule has 1 aliphatic heterocycles. The van der Waals surface area contributed by atoms with Crippen LogP contribution in [0.3, 0.4) is 0 Å². The van der Waals surface area contributed by atoms with Gasteiger partial charge in [-0.1, -0.05) is 13.8 Å². The van der Waals surface area contributed by atoms with Gasteiger partial charge >= 0.3 is 6.41 Å². The Bertz CT molecular complexity index is 199. The van der Waals surface area contributed by atoms with E-state index in [1.54, 1.807) is 6.41 Å². The molecule has 0 atom stereocenters. The van der Waals surface area contributed by atoms with Crippen LogP contribution in [0.5, 0.6) is 0 Å². The van der Waals surface area contributed by atoms with Crippen molar-refractivity contribution in [3.63, 3.8) is 0 Å². The van der Waals surface area contributed by atoms with Crippen molar-refractivity contribution in [2.24, 2.45) is 5.41 Å². The monoisotopic (exact) mass is 183 g/mol. The molecule has 0 aromatic heterocycles. The number of hydrogen-bond acceptors (Lipinski definition) is 2. The van der Waals surface area contributed by atoms with E-state index in [1.165, 1.54) is 6.42 Å². The molecular weight excluding hydrogens is 164 g/mol. The van der Waals surface area contributed by atoms with Gasteiger partial charge in [0.2, 0.25) is 0 Å². The summed E-state index contributed by atoms with van der Waals surface area (Å²) < 4.78 is 0. The van der Waals surface area contributed by atoms with Crippen molar-refractivity contribution >= 4 is 6.41 Å². The fourth-order valence-electron chi connectivity index (χ4n) is 1.88. The summed E-state index contributed by atoms with van der Waals surface area (Å²) in [7, 11) is 0. The number of piperidine rings is 1. The topological polar surface area (TPSA) is 32.3 Å². The highest BCUT2D eigenvalue weighted by Gasteiger charge is 2.44. The number of rotatable bonds is 2. The summed E-state index contributed by atoms with van der Waals surface area (Å²) >= 11 is 0. The summed E-state index contributed by atoms with van der Waals surface area (Å²) in [6.45, 7) is 9.73. The van der Waals surface area contributed by atoms with E-state index in [0.29, 0.717) is 0 Å². The lowest BCUT2D eigenvalue weighted by atomic mass is 9.69. The SMILES string of the molecule is CC1(C)CCCN(N[C]=O)C1(C)C. The number of hydrogen-bond donors (Lipinski definition) is 1. The van der Waals surface area contributed by atoms with Crippen LogP contribution in [0.1, 0.15) is 40.5 Å². The third-order valence-corrected chi connectivity index (χ3v) is 3.70. The molecule has 0 aromatic carbocycles. The molecule has 1 aliphatic rings. The van der Waals surface area contributed by atoms with E-state index in [0.717, 1.165) is 13.0 Å². The summed E-state index contributed by atoms with van der Waals surface area (Å²) in [6.07, 6.45) is 4.09. The van der Waals surface area contributed by atoms with Crippen LogP contribution in [-0.4, -0.2) is 23.5 Å². The van der Waals surface area contributed by atoms with E-state index in [1.807, 2.05) is 5.01 Å². The largest absolute Gasteiger partial charge is 0.324 e. The molecule has 1 heterocycles. The molecule has 0 aliphatic carbocycles. The van der Waals surface area contributed by atoms with Gasteiger partial charge in [-0.3, -0.25) is 10.2 Å². The molecule has 1 fully saturated rings. The third kappa shape index (κ3) is 1.70. The van der Waals surface area contributed by atoms with E-state index in [-0.39, 0.29) is 11.0 Å². The van der Waals surface area contributed by atoms with E-state index in [4.69, 9.17) is 0 Å². The minimum absolute atomic E-state index is 0.00264. The highest BCUT2D eigenvalue weighted by atomic mass is 16.1. The molecule has 1 radical (unpaired) electrons. The van der Waals surface area contributed by atoms with Gasteiger partial charge < -0.3 is 0 Å². The Hall–Kier alpha value is -0.570. The summed E-state index contributed by atoms with van der Waals surface area (Å²) in [4.78, 5) is 10.3. The van der Waals surface area contributed by atoms with Crippen molar-refractivity contribution < 1.29 is 4.79 Å². The van der Waals surface area contributed by atoms with Crippen molar-refractivity contribution in [1.29, 1.82) is 0 Å². The number of hydrazine groups is 1. The molecule has 0 unspecified atom stereocenters. The number of amides is 1. The van der Waals surface area contributed by atoms with Crippen LogP contribution in [0.25, 0.3) is 0 Å². The number of nitrogens with zero attached hydrogens (tertiary/aromatic N) is 1. The molecule has 1 rings (SSSR count). The third-order valence-electron chi connectivity index (χ3n) is 3.70. The van der Waals surface area contributed by atoms with Crippen LogP contribution in [0.4, 0.5) is 0 Å². The first-order valence-corrected chi connectivity index (χ1v) is 4.82. The molecule has 3 nitrogen and oxygen atoms in total. The second-order valence-electron chi connectivity index (χ2n) is 4.91. The fourth-order valence-corrected chi connectivity index (χ4v) is 1.88. The summed E-state index contributed by atoms with van der Waals surface area (Å²) in [6, 6.07) is 0. The Labute approximate surface area is 80.5 Å². The van der Waals surface area contributed by atoms with Gasteiger partial charge in [-0.15, -0.1) is 0 Å². The molecule has 0 aromatic rings. The van der Waals surface area contributed by atoms with Crippen molar-refractivity contribution in [3.05, 3.63) is 0 Å². The second-order valence-corrected chi connectivity index (χ2v) is 4.91. The average molecular weight is 183 g/mol. The van der Waals surface area contributed by atoms with Crippen LogP contribution in [0.2, 0.25) is 0 Å². The molecular formula is C10H19N2O. The number of nitrogens with one attached hydrogen (secondary N) is 1. The van der Waals surface area contributed by atoms with Crippen LogP contribution in [-0.2, 0) is 4.79 Å². The number of carbonyl (C=O) groups excluding carboxylic acids is 1. The summed E-state index contributed by atoms with van der Waals surface area (Å²) in [5.74, 6) is 0. The van der Waals surface area contributed by atoms with Gasteiger partial charge in [0.1, 0.15) is 0 Å². The van der Waals surface area contributed by atoms with Gasteiger partial charge in [0.25, 0.3) is 0 Å². The predicted octanol–water partition coefficient (Wildman–Crippen LogP) is 1.46. The van der Waals surface area contributed by atoms with Gasteiger partial charge in [0.05, 0.1) is 0 Å². The zero-order valence-corrected chi connectivity index (χ0v) is 8.98. The first kappa shape index (κ1) is 10.5. The Kier molecular flexibility index (Phi) is 2.66. The van der Waals surface area contributed by atoms with E-state index >= 15 is 0 Å². The predicted molar refractivity (Wildman–Crippen MR) is 52.6 cm³/mol. The summed E-state index contributed by atoms with van der Waals surface area (Å²) in [5, 5.41) is 1.99. The van der Waals surface area contributed by atoms with E-state index < -0.39 is 0 Å². The van der Waals surface area contributed by atoms with Crippen LogP contribution in [0, 0.1) is 5.41 Å². The quantitative estimate of drug-likeness (QED) is 0.657. The maximum Gasteiger partial charge on any atom is 0.324 e. The van der Waals surface area contributed by atoms with Gasteiger partial charge in [0.15, 0.2) is 0 Å². The lowest BCUT2D eigenvalue weighted by Crippen LogP contribution is -2.62. The van der Waals surface area contributed by atoms with Crippen molar-refractivity contribution in [3.8, 4) is 0 Å². The van der Waals surface area contributed by atoms with Crippen LogP contribution < -0.4 is 5.43 Å². The van der Waals surface area contributed by atoms with Crippen molar-refractivity contribution in [1.82, 2.24) is 10.4 Å². The minimum Gasteiger partial charge on any atom is -0.280 e. The molecule has 0 saturated carbocycles. The van der Waals surface area contributed by atoms with Crippen LogP contribution >= 0.6 is 0 Å². The van der Waals surface area contributed by atoms with Gasteiger partial charge in [-0.2, -0.15) is 0 Å². The van der Waals surface area contributed by atoms with E-state index in [2.05, 4.69) is 33.1 Å². The van der Waals surface area contributed by atoms with Gasteiger partial charge in [-0.05, 0) is 32.1 Å². The van der Waals surface area contributed by atoms with Crippen molar-refractivity contribution in [2.45, 2.75) is 46.1 Å². The maximum atomic E-state index is 10.3. The fraction of sp³-hybridized carbons (Fsp3) is 0.900. The molecule has 0 spiro atoms. The van der Waals surface area contributed by atoms with Gasteiger partial charge in [0, 0.05) is 12.1 Å². The normalized spacial score (nSPS) is 26.8. The van der Waals surface area contributed by atoms with Crippen molar-refractivity contribution in [2.75, 3.05) is 6.54 Å². The van der Waals surface area contributed by atoms with Crippen LogP contribution in [0.15, 0.2) is 0 Å². The smallest absolute Gasteiger partial charge is 0.280 e. The molecule has 13 heavy (non-hydrogen) atoms. The Morgan fingerprint density at radius 3 is 2.46 bits per heavy atom.